The third-order valence-corrected chi connectivity index (χ3v) is 4.07. The van der Waals surface area contributed by atoms with Crippen molar-refractivity contribution < 1.29 is 18.3 Å². The molecule has 1 fully saturated rings. The standard InChI is InChI=1S/C18H27F2N3O2/c1-3-21-18(23-11-9-15(10-12-23)24-4-2)22-13-14-7-5-6-8-16(14)25-17(19)20/h5-8,15,17H,3-4,9-13H2,1-2H3,(H,21,22). The maximum absolute atomic E-state index is 12.5. The molecule has 5 nitrogen and oxygen atoms in total. The molecular formula is C18H27F2N3O2. The van der Waals surface area contributed by atoms with Gasteiger partial charge in [-0.3, -0.25) is 0 Å². The number of para-hydroxylation sites is 1. The molecule has 1 aliphatic rings. The van der Waals surface area contributed by atoms with Crippen molar-refractivity contribution in [2.45, 2.75) is 45.9 Å². The summed E-state index contributed by atoms with van der Waals surface area (Å²) in [5.41, 5.74) is 0.641. The fourth-order valence-corrected chi connectivity index (χ4v) is 2.90. The molecule has 0 aromatic heterocycles. The lowest BCUT2D eigenvalue weighted by molar-refractivity contribution is -0.0504. The summed E-state index contributed by atoms with van der Waals surface area (Å²) >= 11 is 0. The molecule has 1 aromatic rings. The Morgan fingerprint density at radius 3 is 2.64 bits per heavy atom. The number of rotatable bonds is 7. The second-order valence-electron chi connectivity index (χ2n) is 5.80. The first-order valence-electron chi connectivity index (χ1n) is 8.81. The maximum atomic E-state index is 12.5. The van der Waals surface area contributed by atoms with Crippen molar-refractivity contribution in [3.8, 4) is 5.75 Å². The number of hydrogen-bond acceptors (Lipinski definition) is 3. The molecule has 0 aliphatic carbocycles. The number of ether oxygens (including phenoxy) is 2. The van der Waals surface area contributed by atoms with Crippen LogP contribution in [-0.2, 0) is 11.3 Å². The average molecular weight is 355 g/mol. The summed E-state index contributed by atoms with van der Waals surface area (Å²) in [6, 6.07) is 6.77. The lowest BCUT2D eigenvalue weighted by atomic mass is 10.1. The molecule has 1 aliphatic heterocycles. The van der Waals surface area contributed by atoms with Crippen LogP contribution in [0.2, 0.25) is 0 Å². The number of alkyl halides is 2. The zero-order valence-corrected chi connectivity index (χ0v) is 14.9. The monoisotopic (exact) mass is 355 g/mol. The molecule has 0 amide bonds. The summed E-state index contributed by atoms with van der Waals surface area (Å²) in [4.78, 5) is 6.80. The van der Waals surface area contributed by atoms with Crippen molar-refractivity contribution in [3.05, 3.63) is 29.8 Å². The Morgan fingerprint density at radius 1 is 1.28 bits per heavy atom. The Bertz CT molecular complexity index is 547. The van der Waals surface area contributed by atoms with E-state index < -0.39 is 6.61 Å². The van der Waals surface area contributed by atoms with E-state index in [0.29, 0.717) is 11.7 Å². The molecule has 1 saturated heterocycles. The van der Waals surface area contributed by atoms with Crippen LogP contribution in [0, 0.1) is 0 Å². The van der Waals surface area contributed by atoms with Gasteiger partial charge >= 0.3 is 6.61 Å². The zero-order chi connectivity index (χ0) is 18.1. The fourth-order valence-electron chi connectivity index (χ4n) is 2.90. The fraction of sp³-hybridized carbons (Fsp3) is 0.611. The zero-order valence-electron chi connectivity index (χ0n) is 14.9. The van der Waals surface area contributed by atoms with Crippen LogP contribution in [0.4, 0.5) is 8.78 Å². The van der Waals surface area contributed by atoms with Gasteiger partial charge in [0.05, 0.1) is 12.6 Å². The number of likely N-dealkylation sites (tertiary alicyclic amines) is 1. The first-order valence-corrected chi connectivity index (χ1v) is 8.81. The van der Waals surface area contributed by atoms with Crippen LogP contribution in [0.5, 0.6) is 5.75 Å². The molecule has 25 heavy (non-hydrogen) atoms. The molecule has 0 atom stereocenters. The third kappa shape index (κ3) is 6.16. The van der Waals surface area contributed by atoms with Crippen molar-refractivity contribution in [3.63, 3.8) is 0 Å². The van der Waals surface area contributed by atoms with Gasteiger partial charge in [-0.2, -0.15) is 8.78 Å². The highest BCUT2D eigenvalue weighted by Crippen LogP contribution is 2.21. The normalized spacial score (nSPS) is 16.4. The molecule has 0 saturated carbocycles. The molecular weight excluding hydrogens is 328 g/mol. The van der Waals surface area contributed by atoms with Crippen molar-refractivity contribution in [2.24, 2.45) is 4.99 Å². The van der Waals surface area contributed by atoms with Crippen LogP contribution < -0.4 is 10.1 Å². The number of nitrogens with one attached hydrogen (secondary N) is 1. The highest BCUT2D eigenvalue weighted by Gasteiger charge is 2.21. The van der Waals surface area contributed by atoms with E-state index in [4.69, 9.17) is 4.74 Å². The van der Waals surface area contributed by atoms with Crippen molar-refractivity contribution >= 4 is 5.96 Å². The van der Waals surface area contributed by atoms with Crippen LogP contribution in [0.1, 0.15) is 32.3 Å². The van der Waals surface area contributed by atoms with E-state index in [2.05, 4.69) is 19.9 Å². The van der Waals surface area contributed by atoms with Crippen molar-refractivity contribution in [2.75, 3.05) is 26.2 Å². The molecule has 1 N–H and O–H groups in total. The van der Waals surface area contributed by atoms with E-state index in [1.54, 1.807) is 18.2 Å². The van der Waals surface area contributed by atoms with E-state index in [9.17, 15) is 8.78 Å². The Morgan fingerprint density at radius 2 is 2.00 bits per heavy atom. The molecule has 7 heteroatoms. The van der Waals surface area contributed by atoms with Crippen LogP contribution in [0.3, 0.4) is 0 Å². The number of guanidine groups is 1. The van der Waals surface area contributed by atoms with Crippen LogP contribution in [0.25, 0.3) is 0 Å². The lowest BCUT2D eigenvalue weighted by Gasteiger charge is -2.34. The number of hydrogen-bond donors (Lipinski definition) is 1. The Hall–Kier alpha value is -1.89. The van der Waals surface area contributed by atoms with Crippen LogP contribution in [0.15, 0.2) is 29.3 Å². The SMILES string of the molecule is CCNC(=NCc1ccccc1OC(F)F)N1CCC(OCC)CC1. The molecule has 140 valence electrons. The highest BCUT2D eigenvalue weighted by molar-refractivity contribution is 5.80. The molecule has 0 unspecified atom stereocenters. The molecule has 1 aromatic carbocycles. The molecule has 0 bridgehead atoms. The van der Waals surface area contributed by atoms with Gasteiger partial charge in [-0.15, -0.1) is 0 Å². The smallest absolute Gasteiger partial charge is 0.387 e. The molecule has 0 spiro atoms. The average Bonchev–Trinajstić information content (AvgIpc) is 2.60. The van der Waals surface area contributed by atoms with Crippen LogP contribution >= 0.6 is 0 Å². The second kappa shape index (κ2) is 10.2. The number of piperidine rings is 1. The van der Waals surface area contributed by atoms with E-state index in [1.807, 2.05) is 13.8 Å². The second-order valence-corrected chi connectivity index (χ2v) is 5.80. The van der Waals surface area contributed by atoms with Gasteiger partial charge in [-0.1, -0.05) is 18.2 Å². The summed E-state index contributed by atoms with van der Waals surface area (Å²) in [5, 5.41) is 3.28. The minimum Gasteiger partial charge on any atom is -0.434 e. The van der Waals surface area contributed by atoms with Crippen molar-refractivity contribution in [1.82, 2.24) is 10.2 Å². The van der Waals surface area contributed by atoms with Gasteiger partial charge < -0.3 is 19.7 Å². The third-order valence-electron chi connectivity index (χ3n) is 4.07. The summed E-state index contributed by atoms with van der Waals surface area (Å²) in [6.45, 7) is 4.69. The topological polar surface area (TPSA) is 46.1 Å². The van der Waals surface area contributed by atoms with Gasteiger partial charge in [0.15, 0.2) is 5.96 Å². The molecule has 0 radical (unpaired) electrons. The first-order chi connectivity index (χ1) is 12.1. The number of aliphatic imine (C=N–C) groups is 1. The maximum Gasteiger partial charge on any atom is 0.387 e. The Labute approximate surface area is 148 Å². The predicted octanol–water partition coefficient (Wildman–Crippen LogP) is 3.25. The largest absolute Gasteiger partial charge is 0.434 e. The van der Waals surface area contributed by atoms with Gasteiger partial charge in [-0.25, -0.2) is 4.99 Å². The van der Waals surface area contributed by atoms with E-state index in [-0.39, 0.29) is 12.3 Å². The predicted molar refractivity (Wildman–Crippen MR) is 94.1 cm³/mol. The number of nitrogens with zero attached hydrogens (tertiary/aromatic N) is 2. The van der Waals surface area contributed by atoms with Gasteiger partial charge in [0, 0.05) is 31.8 Å². The highest BCUT2D eigenvalue weighted by atomic mass is 19.3. The summed E-state index contributed by atoms with van der Waals surface area (Å²) in [6.07, 6.45) is 2.23. The lowest BCUT2D eigenvalue weighted by Crippen LogP contribution is -2.47. The van der Waals surface area contributed by atoms with E-state index in [0.717, 1.165) is 45.0 Å². The minimum absolute atomic E-state index is 0.173. The Balaban J connectivity index is 2.03. The van der Waals surface area contributed by atoms with E-state index >= 15 is 0 Å². The van der Waals surface area contributed by atoms with Gasteiger partial charge in [-0.05, 0) is 32.8 Å². The van der Waals surface area contributed by atoms with Crippen LogP contribution in [-0.4, -0.2) is 49.8 Å². The Kier molecular flexibility index (Phi) is 7.91. The minimum atomic E-state index is -2.84. The number of benzene rings is 1. The van der Waals surface area contributed by atoms with Gasteiger partial charge in [0.2, 0.25) is 0 Å². The molecule has 2 rings (SSSR count). The van der Waals surface area contributed by atoms with Gasteiger partial charge in [0.25, 0.3) is 0 Å². The summed E-state index contributed by atoms with van der Waals surface area (Å²) < 4.78 is 35.3. The van der Waals surface area contributed by atoms with Gasteiger partial charge in [0.1, 0.15) is 5.75 Å². The summed E-state index contributed by atoms with van der Waals surface area (Å²) in [7, 11) is 0. The van der Waals surface area contributed by atoms with E-state index in [1.165, 1.54) is 6.07 Å². The number of halogens is 2. The van der Waals surface area contributed by atoms with Crippen molar-refractivity contribution in [1.29, 1.82) is 0 Å². The molecule has 1 heterocycles. The first kappa shape index (κ1) is 19.4. The quantitative estimate of drug-likeness (QED) is 0.602. The summed E-state index contributed by atoms with van der Waals surface area (Å²) in [5.74, 6) is 0.969.